The van der Waals surface area contributed by atoms with E-state index in [1.165, 1.54) is 0 Å². The van der Waals surface area contributed by atoms with Gasteiger partial charge in [0.25, 0.3) is 0 Å². The predicted octanol–water partition coefficient (Wildman–Crippen LogP) is 3.17. The van der Waals surface area contributed by atoms with Crippen molar-refractivity contribution in [2.75, 3.05) is 18.0 Å². The second kappa shape index (κ2) is 6.07. The molecule has 2 unspecified atom stereocenters. The Morgan fingerprint density at radius 2 is 2.12 bits per heavy atom. The molecule has 128 valence electrons. The van der Waals surface area contributed by atoms with Crippen molar-refractivity contribution < 1.29 is 9.90 Å². The van der Waals surface area contributed by atoms with E-state index in [4.69, 9.17) is 0 Å². The normalized spacial score (nSPS) is 23.7. The van der Waals surface area contributed by atoms with Gasteiger partial charge in [0, 0.05) is 31.4 Å². The SMILES string of the molecule is CC1(C(=O)O)CCN(c2ncccn2)CC1c1ccc2scnc2c1. The summed E-state index contributed by atoms with van der Waals surface area (Å²) in [5, 5.41) is 9.90. The topological polar surface area (TPSA) is 79.2 Å². The minimum absolute atomic E-state index is 0.159. The first-order chi connectivity index (χ1) is 12.1. The van der Waals surface area contributed by atoms with Gasteiger partial charge in [0.2, 0.25) is 5.95 Å². The summed E-state index contributed by atoms with van der Waals surface area (Å²) in [5.74, 6) is -0.271. The molecule has 0 aliphatic carbocycles. The summed E-state index contributed by atoms with van der Waals surface area (Å²) >= 11 is 1.59. The number of aromatic nitrogens is 3. The van der Waals surface area contributed by atoms with Crippen LogP contribution in [0.2, 0.25) is 0 Å². The fourth-order valence-electron chi connectivity index (χ4n) is 3.51. The van der Waals surface area contributed by atoms with Crippen molar-refractivity contribution in [1.29, 1.82) is 0 Å². The predicted molar refractivity (Wildman–Crippen MR) is 97.0 cm³/mol. The standard InChI is InChI=1S/C18H18N4O2S/c1-18(16(23)24)5-8-22(17-19-6-2-7-20-17)10-13(18)12-3-4-15-14(9-12)21-11-25-15/h2-4,6-7,9,11,13H,5,8,10H2,1H3,(H,23,24). The number of hydrogen-bond acceptors (Lipinski definition) is 6. The van der Waals surface area contributed by atoms with E-state index < -0.39 is 11.4 Å². The van der Waals surface area contributed by atoms with Gasteiger partial charge in [-0.1, -0.05) is 6.07 Å². The lowest BCUT2D eigenvalue weighted by Gasteiger charge is -2.43. The van der Waals surface area contributed by atoms with Gasteiger partial charge >= 0.3 is 5.97 Å². The molecule has 1 aliphatic rings. The average molecular weight is 354 g/mol. The number of carboxylic acid groups (broad SMARTS) is 1. The Morgan fingerprint density at radius 3 is 2.88 bits per heavy atom. The van der Waals surface area contributed by atoms with Crippen molar-refractivity contribution in [1.82, 2.24) is 15.0 Å². The van der Waals surface area contributed by atoms with Crippen LogP contribution in [-0.2, 0) is 4.79 Å². The Labute approximate surface area is 149 Å². The number of carbonyl (C=O) groups is 1. The highest BCUT2D eigenvalue weighted by Crippen LogP contribution is 2.44. The highest BCUT2D eigenvalue weighted by Gasteiger charge is 2.46. The Hall–Kier alpha value is -2.54. The molecule has 1 fully saturated rings. The van der Waals surface area contributed by atoms with Crippen LogP contribution in [0.1, 0.15) is 24.8 Å². The summed E-state index contributed by atoms with van der Waals surface area (Å²) in [6, 6.07) is 7.86. The van der Waals surface area contributed by atoms with Crippen LogP contribution in [0.4, 0.5) is 5.95 Å². The Bertz CT molecular complexity index is 914. The molecule has 0 spiro atoms. The first-order valence-electron chi connectivity index (χ1n) is 8.16. The number of hydrogen-bond donors (Lipinski definition) is 1. The van der Waals surface area contributed by atoms with Gasteiger partial charge in [-0.15, -0.1) is 11.3 Å². The van der Waals surface area contributed by atoms with E-state index in [0.717, 1.165) is 15.8 Å². The maximum Gasteiger partial charge on any atom is 0.310 e. The van der Waals surface area contributed by atoms with E-state index in [0.29, 0.717) is 25.5 Å². The monoisotopic (exact) mass is 354 g/mol. The van der Waals surface area contributed by atoms with Crippen molar-refractivity contribution >= 4 is 33.5 Å². The zero-order chi connectivity index (χ0) is 17.4. The molecule has 0 radical (unpaired) electrons. The third-order valence-corrected chi connectivity index (χ3v) is 5.96. The van der Waals surface area contributed by atoms with Crippen LogP contribution >= 0.6 is 11.3 Å². The smallest absolute Gasteiger partial charge is 0.310 e. The Kier molecular flexibility index (Phi) is 3.88. The molecule has 25 heavy (non-hydrogen) atoms. The minimum atomic E-state index is -0.824. The summed E-state index contributed by atoms with van der Waals surface area (Å²) in [4.78, 5) is 27.1. The van der Waals surface area contributed by atoms with Crippen LogP contribution in [0.15, 0.2) is 42.2 Å². The maximum absolute atomic E-state index is 12.1. The van der Waals surface area contributed by atoms with E-state index in [-0.39, 0.29) is 5.92 Å². The van der Waals surface area contributed by atoms with Crippen LogP contribution in [0.3, 0.4) is 0 Å². The van der Waals surface area contributed by atoms with Crippen LogP contribution in [0.5, 0.6) is 0 Å². The molecule has 7 heteroatoms. The van der Waals surface area contributed by atoms with Crippen molar-refractivity contribution in [2.24, 2.45) is 5.41 Å². The van der Waals surface area contributed by atoms with E-state index in [1.807, 2.05) is 30.6 Å². The Balaban J connectivity index is 1.74. The second-order valence-electron chi connectivity index (χ2n) is 6.60. The molecule has 2 atom stereocenters. The molecule has 6 nitrogen and oxygen atoms in total. The van der Waals surface area contributed by atoms with Crippen LogP contribution in [0, 0.1) is 5.41 Å². The van der Waals surface area contributed by atoms with E-state index in [2.05, 4.69) is 19.9 Å². The number of carboxylic acids is 1. The lowest BCUT2D eigenvalue weighted by Crippen LogP contribution is -2.49. The maximum atomic E-state index is 12.1. The van der Waals surface area contributed by atoms with Crippen molar-refractivity contribution in [2.45, 2.75) is 19.3 Å². The summed E-state index contributed by atoms with van der Waals surface area (Å²) < 4.78 is 1.11. The molecule has 1 aromatic carbocycles. The molecule has 1 aliphatic heterocycles. The molecular formula is C18H18N4O2S. The number of fused-ring (bicyclic) bond motifs is 1. The number of benzene rings is 1. The van der Waals surface area contributed by atoms with Gasteiger partial charge in [0.1, 0.15) is 0 Å². The molecule has 4 rings (SSSR count). The molecule has 1 saturated heterocycles. The highest BCUT2D eigenvalue weighted by atomic mass is 32.1. The molecule has 3 heterocycles. The summed E-state index contributed by atoms with van der Waals surface area (Å²) in [7, 11) is 0. The first kappa shape index (κ1) is 16.0. The highest BCUT2D eigenvalue weighted by molar-refractivity contribution is 7.16. The number of piperidine rings is 1. The number of thiazole rings is 1. The summed E-state index contributed by atoms with van der Waals surface area (Å²) in [6.45, 7) is 3.04. The number of nitrogens with zero attached hydrogens (tertiary/aromatic N) is 4. The molecule has 0 amide bonds. The van der Waals surface area contributed by atoms with E-state index in [1.54, 1.807) is 29.8 Å². The van der Waals surface area contributed by atoms with E-state index >= 15 is 0 Å². The average Bonchev–Trinajstić information content (AvgIpc) is 3.10. The molecule has 1 N–H and O–H groups in total. The van der Waals surface area contributed by atoms with Gasteiger partial charge in [-0.2, -0.15) is 0 Å². The van der Waals surface area contributed by atoms with Crippen molar-refractivity contribution in [3.63, 3.8) is 0 Å². The zero-order valence-corrected chi connectivity index (χ0v) is 14.6. The largest absolute Gasteiger partial charge is 0.481 e. The fourth-order valence-corrected chi connectivity index (χ4v) is 4.17. The van der Waals surface area contributed by atoms with Gasteiger partial charge in [0.05, 0.1) is 21.1 Å². The lowest BCUT2D eigenvalue weighted by atomic mass is 9.68. The molecule has 0 bridgehead atoms. The fraction of sp³-hybridized carbons (Fsp3) is 0.333. The minimum Gasteiger partial charge on any atom is -0.481 e. The number of anilines is 1. The van der Waals surface area contributed by atoms with Crippen LogP contribution in [0.25, 0.3) is 10.2 Å². The Morgan fingerprint density at radius 1 is 1.32 bits per heavy atom. The second-order valence-corrected chi connectivity index (χ2v) is 7.49. The van der Waals surface area contributed by atoms with Gasteiger partial charge in [-0.05, 0) is 37.1 Å². The summed E-state index contributed by atoms with van der Waals surface area (Å²) in [5.41, 5.74) is 2.91. The lowest BCUT2D eigenvalue weighted by molar-refractivity contribution is -0.150. The number of rotatable bonds is 3. The van der Waals surface area contributed by atoms with Crippen LogP contribution < -0.4 is 4.90 Å². The van der Waals surface area contributed by atoms with Gasteiger partial charge < -0.3 is 10.0 Å². The number of aliphatic carboxylic acids is 1. The van der Waals surface area contributed by atoms with Crippen molar-refractivity contribution in [3.05, 3.63) is 47.7 Å². The van der Waals surface area contributed by atoms with Crippen molar-refractivity contribution in [3.8, 4) is 0 Å². The quantitative estimate of drug-likeness (QED) is 0.778. The molecular weight excluding hydrogens is 336 g/mol. The molecule has 2 aromatic heterocycles. The van der Waals surface area contributed by atoms with Gasteiger partial charge in [-0.3, -0.25) is 4.79 Å². The molecule has 0 saturated carbocycles. The third-order valence-electron chi connectivity index (χ3n) is 5.15. The van der Waals surface area contributed by atoms with Crippen LogP contribution in [-0.4, -0.2) is 39.1 Å². The van der Waals surface area contributed by atoms with Gasteiger partial charge in [0.15, 0.2) is 0 Å². The first-order valence-corrected chi connectivity index (χ1v) is 9.04. The molecule has 3 aromatic rings. The third kappa shape index (κ3) is 2.74. The summed E-state index contributed by atoms with van der Waals surface area (Å²) in [6.07, 6.45) is 3.97. The van der Waals surface area contributed by atoms with E-state index in [9.17, 15) is 9.90 Å². The zero-order valence-electron chi connectivity index (χ0n) is 13.8. The van der Waals surface area contributed by atoms with Gasteiger partial charge in [-0.25, -0.2) is 15.0 Å².